The van der Waals surface area contributed by atoms with E-state index in [2.05, 4.69) is 11.8 Å². The third-order valence-corrected chi connectivity index (χ3v) is 4.00. The van der Waals surface area contributed by atoms with Crippen LogP contribution in [0.4, 0.5) is 10.1 Å². The summed E-state index contributed by atoms with van der Waals surface area (Å²) in [7, 11) is 0. The molecule has 0 saturated carbocycles. The molecule has 2 nitrogen and oxygen atoms in total. The van der Waals surface area contributed by atoms with E-state index in [0.717, 1.165) is 32.2 Å². The van der Waals surface area contributed by atoms with Gasteiger partial charge in [-0.15, -0.1) is 0 Å². The number of halogens is 1. The van der Waals surface area contributed by atoms with Crippen molar-refractivity contribution >= 4 is 5.69 Å². The Balaban J connectivity index is 2.37. The van der Waals surface area contributed by atoms with Crippen LogP contribution in [0.25, 0.3) is 0 Å². The van der Waals surface area contributed by atoms with E-state index in [1.807, 2.05) is 6.07 Å². The summed E-state index contributed by atoms with van der Waals surface area (Å²) in [5, 5.41) is 9.88. The number of hydrogen-bond donors (Lipinski definition) is 1. The molecule has 1 heterocycles. The van der Waals surface area contributed by atoms with Gasteiger partial charge in [0.05, 0.1) is 11.8 Å². The summed E-state index contributed by atoms with van der Waals surface area (Å²) in [4.78, 5) is 2.18. The van der Waals surface area contributed by atoms with E-state index in [1.54, 1.807) is 13.0 Å². The third kappa shape index (κ3) is 3.08. The Hall–Kier alpha value is -1.09. The van der Waals surface area contributed by atoms with Gasteiger partial charge < -0.3 is 10.0 Å². The molecule has 1 N–H and O–H groups in total. The van der Waals surface area contributed by atoms with Crippen molar-refractivity contribution in [1.29, 1.82) is 0 Å². The van der Waals surface area contributed by atoms with E-state index in [0.29, 0.717) is 17.3 Å². The number of para-hydroxylation sites is 1. The number of benzene rings is 1. The number of hydrogen-bond acceptors (Lipinski definition) is 2. The van der Waals surface area contributed by atoms with Gasteiger partial charge in [0.15, 0.2) is 0 Å². The highest BCUT2D eigenvalue weighted by Gasteiger charge is 2.27. The predicted molar refractivity (Wildman–Crippen MR) is 76.9 cm³/mol. The van der Waals surface area contributed by atoms with Gasteiger partial charge in [-0.2, -0.15) is 0 Å². The highest BCUT2D eigenvalue weighted by Crippen LogP contribution is 2.34. The largest absolute Gasteiger partial charge is 0.389 e. The molecule has 2 atom stereocenters. The number of aliphatic hydroxyl groups is 1. The minimum atomic E-state index is -0.630. The van der Waals surface area contributed by atoms with Crippen molar-refractivity contribution in [2.45, 2.75) is 58.1 Å². The summed E-state index contributed by atoms with van der Waals surface area (Å²) in [5.74, 6) is -0.207. The maximum Gasteiger partial charge on any atom is 0.146 e. The molecule has 2 rings (SSSR count). The first kappa shape index (κ1) is 14.3. The van der Waals surface area contributed by atoms with Crippen LogP contribution < -0.4 is 4.90 Å². The second-order valence-corrected chi connectivity index (χ2v) is 5.49. The number of piperidine rings is 1. The Bertz CT molecular complexity index is 417. The molecule has 1 aliphatic rings. The normalized spacial score (nSPS) is 21.5. The van der Waals surface area contributed by atoms with Crippen molar-refractivity contribution in [3.8, 4) is 0 Å². The molecule has 0 aliphatic carbocycles. The van der Waals surface area contributed by atoms with Gasteiger partial charge in [0, 0.05) is 18.2 Å². The minimum absolute atomic E-state index is 0.207. The van der Waals surface area contributed by atoms with Crippen LogP contribution >= 0.6 is 0 Å². The van der Waals surface area contributed by atoms with E-state index >= 15 is 0 Å². The fraction of sp³-hybridized carbons (Fsp3) is 0.625. The Morgan fingerprint density at radius 2 is 2.21 bits per heavy atom. The number of aliphatic hydroxyl groups excluding tert-OH is 1. The standard InChI is InChI=1S/C16H24FNO/c1-3-7-13-8-4-5-11-18(13)16-14(12(2)19)9-6-10-15(16)17/h6,9-10,12-13,19H,3-5,7-8,11H2,1-2H3. The zero-order chi connectivity index (χ0) is 13.8. The lowest BCUT2D eigenvalue weighted by molar-refractivity contribution is 0.198. The molecule has 2 unspecified atom stereocenters. The quantitative estimate of drug-likeness (QED) is 0.888. The van der Waals surface area contributed by atoms with E-state index in [9.17, 15) is 9.50 Å². The summed E-state index contributed by atoms with van der Waals surface area (Å²) >= 11 is 0. The molecule has 0 bridgehead atoms. The molecule has 1 aromatic rings. The molecule has 0 amide bonds. The maximum atomic E-state index is 14.3. The monoisotopic (exact) mass is 265 g/mol. The van der Waals surface area contributed by atoms with Crippen LogP contribution in [0.3, 0.4) is 0 Å². The van der Waals surface area contributed by atoms with E-state index in [1.165, 1.54) is 12.5 Å². The number of rotatable bonds is 4. The molecule has 1 aliphatic heterocycles. The molecule has 0 spiro atoms. The zero-order valence-electron chi connectivity index (χ0n) is 11.9. The van der Waals surface area contributed by atoms with Crippen LogP contribution in [0, 0.1) is 5.82 Å². The smallest absolute Gasteiger partial charge is 0.146 e. The fourth-order valence-electron chi connectivity index (χ4n) is 3.10. The van der Waals surface area contributed by atoms with E-state index in [-0.39, 0.29) is 5.82 Å². The summed E-state index contributed by atoms with van der Waals surface area (Å²) < 4.78 is 14.3. The SMILES string of the molecule is CCCC1CCCCN1c1c(F)cccc1C(C)O. The van der Waals surface area contributed by atoms with Crippen LogP contribution in [-0.2, 0) is 0 Å². The highest BCUT2D eigenvalue weighted by atomic mass is 19.1. The maximum absolute atomic E-state index is 14.3. The summed E-state index contributed by atoms with van der Waals surface area (Å²) in [5.41, 5.74) is 1.33. The lowest BCUT2D eigenvalue weighted by Crippen LogP contribution is -2.40. The predicted octanol–water partition coefficient (Wildman–Crippen LogP) is 4.04. The van der Waals surface area contributed by atoms with Gasteiger partial charge in [-0.05, 0) is 38.7 Å². The van der Waals surface area contributed by atoms with Gasteiger partial charge in [-0.1, -0.05) is 25.5 Å². The first-order valence-electron chi connectivity index (χ1n) is 7.38. The van der Waals surface area contributed by atoms with Gasteiger partial charge in [0.2, 0.25) is 0 Å². The van der Waals surface area contributed by atoms with E-state index < -0.39 is 6.10 Å². The fourth-order valence-corrected chi connectivity index (χ4v) is 3.10. The number of nitrogens with zero attached hydrogens (tertiary/aromatic N) is 1. The van der Waals surface area contributed by atoms with Crippen LogP contribution in [0.5, 0.6) is 0 Å². The van der Waals surface area contributed by atoms with Crippen LogP contribution in [0.2, 0.25) is 0 Å². The van der Waals surface area contributed by atoms with Gasteiger partial charge in [0.1, 0.15) is 5.82 Å². The number of anilines is 1. The summed E-state index contributed by atoms with van der Waals surface area (Å²) in [6.07, 6.45) is 5.03. The average Bonchev–Trinajstić information content (AvgIpc) is 2.40. The van der Waals surface area contributed by atoms with Gasteiger partial charge in [-0.3, -0.25) is 0 Å². The first-order chi connectivity index (χ1) is 9.15. The molecule has 106 valence electrons. The van der Waals surface area contributed by atoms with Gasteiger partial charge in [0.25, 0.3) is 0 Å². The summed E-state index contributed by atoms with van der Waals surface area (Å²) in [6, 6.07) is 5.42. The van der Waals surface area contributed by atoms with Crippen molar-refractivity contribution < 1.29 is 9.50 Å². The molecular weight excluding hydrogens is 241 g/mol. The average molecular weight is 265 g/mol. The lowest BCUT2D eigenvalue weighted by Gasteiger charge is -2.39. The van der Waals surface area contributed by atoms with Crippen molar-refractivity contribution in [3.05, 3.63) is 29.6 Å². The second kappa shape index (κ2) is 6.38. The zero-order valence-corrected chi connectivity index (χ0v) is 11.9. The minimum Gasteiger partial charge on any atom is -0.389 e. The van der Waals surface area contributed by atoms with Crippen molar-refractivity contribution in [1.82, 2.24) is 0 Å². The van der Waals surface area contributed by atoms with Crippen LogP contribution in [-0.4, -0.2) is 17.7 Å². The van der Waals surface area contributed by atoms with Crippen molar-refractivity contribution in [2.24, 2.45) is 0 Å². The molecular formula is C16H24FNO. The molecule has 1 fully saturated rings. The molecule has 1 saturated heterocycles. The molecule has 0 aromatic heterocycles. The molecule has 0 radical (unpaired) electrons. The Morgan fingerprint density at radius 1 is 1.42 bits per heavy atom. The Labute approximate surface area is 115 Å². The third-order valence-electron chi connectivity index (χ3n) is 4.00. The summed E-state index contributed by atoms with van der Waals surface area (Å²) in [6.45, 7) is 4.77. The van der Waals surface area contributed by atoms with Crippen LogP contribution in [0.15, 0.2) is 18.2 Å². The van der Waals surface area contributed by atoms with Crippen LogP contribution in [0.1, 0.15) is 57.6 Å². The lowest BCUT2D eigenvalue weighted by atomic mass is 9.95. The molecule has 1 aromatic carbocycles. The second-order valence-electron chi connectivity index (χ2n) is 5.49. The topological polar surface area (TPSA) is 23.5 Å². The molecule has 3 heteroatoms. The Kier molecular flexibility index (Phi) is 4.81. The van der Waals surface area contributed by atoms with E-state index in [4.69, 9.17) is 0 Å². The first-order valence-corrected chi connectivity index (χ1v) is 7.38. The van der Waals surface area contributed by atoms with Crippen molar-refractivity contribution in [2.75, 3.05) is 11.4 Å². The molecule has 19 heavy (non-hydrogen) atoms. The van der Waals surface area contributed by atoms with Crippen molar-refractivity contribution in [3.63, 3.8) is 0 Å². The Morgan fingerprint density at radius 3 is 2.89 bits per heavy atom. The van der Waals surface area contributed by atoms with Gasteiger partial charge >= 0.3 is 0 Å². The highest BCUT2D eigenvalue weighted by molar-refractivity contribution is 5.56. The van der Waals surface area contributed by atoms with Gasteiger partial charge in [-0.25, -0.2) is 4.39 Å².